The third-order valence-electron chi connectivity index (χ3n) is 4.74. The molecule has 1 aliphatic heterocycles. The van der Waals surface area contributed by atoms with Gasteiger partial charge in [0.25, 0.3) is 0 Å². The number of piperidine rings is 1. The van der Waals surface area contributed by atoms with Gasteiger partial charge in [-0.3, -0.25) is 4.79 Å². The van der Waals surface area contributed by atoms with Crippen molar-refractivity contribution in [1.29, 1.82) is 0 Å². The van der Waals surface area contributed by atoms with Gasteiger partial charge in [-0.05, 0) is 56.3 Å². The minimum absolute atomic E-state index is 0.276. The number of carbonyl (C=O) groups excluding carboxylic acids is 1. The number of unbranched alkanes of at least 4 members (excludes halogenated alkanes) is 1. The first-order chi connectivity index (χ1) is 10.7. The first-order valence-electron chi connectivity index (χ1n) is 8.78. The van der Waals surface area contributed by atoms with Crippen LogP contribution < -0.4 is 10.2 Å². The van der Waals surface area contributed by atoms with Gasteiger partial charge in [0, 0.05) is 18.7 Å². The number of hydrogen-bond donors (Lipinski definition) is 1. The predicted molar refractivity (Wildman–Crippen MR) is 93.1 cm³/mol. The van der Waals surface area contributed by atoms with Crippen molar-refractivity contribution in [3.63, 3.8) is 0 Å². The average Bonchev–Trinajstić information content (AvgIpc) is 2.57. The number of para-hydroxylation sites is 1. The Morgan fingerprint density at radius 3 is 2.77 bits per heavy atom. The van der Waals surface area contributed by atoms with Crippen LogP contribution in [0, 0.1) is 11.8 Å². The van der Waals surface area contributed by atoms with E-state index in [0.29, 0.717) is 18.3 Å². The van der Waals surface area contributed by atoms with E-state index in [2.05, 4.69) is 19.2 Å². The number of rotatable bonds is 7. The first-order valence-corrected chi connectivity index (χ1v) is 8.78. The minimum Gasteiger partial charge on any atom is -0.316 e. The van der Waals surface area contributed by atoms with E-state index in [-0.39, 0.29) is 5.91 Å². The summed E-state index contributed by atoms with van der Waals surface area (Å²) in [7, 11) is 0. The Balaban J connectivity index is 1.98. The lowest BCUT2D eigenvalue weighted by atomic mass is 9.85. The molecule has 0 bridgehead atoms. The molecule has 2 rings (SSSR count). The van der Waals surface area contributed by atoms with Crippen molar-refractivity contribution in [3.05, 3.63) is 30.3 Å². The Bertz CT molecular complexity index is 440. The summed E-state index contributed by atoms with van der Waals surface area (Å²) < 4.78 is 0. The lowest BCUT2D eigenvalue weighted by molar-refractivity contribution is -0.119. The summed E-state index contributed by atoms with van der Waals surface area (Å²) in [6.07, 6.45) is 5.31. The lowest BCUT2D eigenvalue weighted by Gasteiger charge is -2.30. The van der Waals surface area contributed by atoms with Gasteiger partial charge in [0.2, 0.25) is 5.91 Å². The SMILES string of the molecule is CCCCN(C(=O)CC(C)C1CCCNC1)c1ccccc1. The fourth-order valence-electron chi connectivity index (χ4n) is 3.24. The molecule has 1 heterocycles. The van der Waals surface area contributed by atoms with Crippen LogP contribution in [0.4, 0.5) is 5.69 Å². The molecule has 1 fully saturated rings. The molecule has 1 N–H and O–H groups in total. The molecule has 1 saturated heterocycles. The molecule has 1 aromatic rings. The summed E-state index contributed by atoms with van der Waals surface area (Å²) in [6, 6.07) is 10.1. The Labute approximate surface area is 135 Å². The molecule has 0 aromatic heterocycles. The maximum absolute atomic E-state index is 12.8. The largest absolute Gasteiger partial charge is 0.316 e. The monoisotopic (exact) mass is 302 g/mol. The van der Waals surface area contributed by atoms with Gasteiger partial charge < -0.3 is 10.2 Å². The third kappa shape index (κ3) is 4.84. The fraction of sp³-hybridized carbons (Fsp3) is 0.632. The van der Waals surface area contributed by atoms with Crippen molar-refractivity contribution in [2.45, 2.75) is 46.0 Å². The zero-order chi connectivity index (χ0) is 15.8. The van der Waals surface area contributed by atoms with Crippen molar-refractivity contribution < 1.29 is 4.79 Å². The van der Waals surface area contributed by atoms with Crippen LogP contribution in [0.1, 0.15) is 46.0 Å². The average molecular weight is 302 g/mol. The zero-order valence-corrected chi connectivity index (χ0v) is 14.1. The smallest absolute Gasteiger partial charge is 0.227 e. The molecule has 0 aliphatic carbocycles. The zero-order valence-electron chi connectivity index (χ0n) is 14.1. The molecular weight excluding hydrogens is 272 g/mol. The molecule has 1 aliphatic rings. The fourth-order valence-corrected chi connectivity index (χ4v) is 3.24. The summed E-state index contributed by atoms with van der Waals surface area (Å²) in [5.74, 6) is 1.37. The number of benzene rings is 1. The quantitative estimate of drug-likeness (QED) is 0.830. The van der Waals surface area contributed by atoms with Crippen molar-refractivity contribution in [3.8, 4) is 0 Å². The molecular formula is C19H30N2O. The van der Waals surface area contributed by atoms with Crippen LogP contribution in [0.15, 0.2) is 30.3 Å². The van der Waals surface area contributed by atoms with E-state index in [1.807, 2.05) is 35.2 Å². The van der Waals surface area contributed by atoms with Gasteiger partial charge >= 0.3 is 0 Å². The highest BCUT2D eigenvalue weighted by Crippen LogP contribution is 2.25. The second-order valence-electron chi connectivity index (χ2n) is 6.52. The van der Waals surface area contributed by atoms with Crippen molar-refractivity contribution in [2.75, 3.05) is 24.5 Å². The van der Waals surface area contributed by atoms with Crippen molar-refractivity contribution >= 4 is 11.6 Å². The van der Waals surface area contributed by atoms with E-state index in [4.69, 9.17) is 0 Å². The normalized spacial score (nSPS) is 19.6. The number of nitrogens with one attached hydrogen (secondary N) is 1. The van der Waals surface area contributed by atoms with E-state index in [9.17, 15) is 4.79 Å². The van der Waals surface area contributed by atoms with Crippen LogP contribution in [-0.2, 0) is 4.79 Å². The van der Waals surface area contributed by atoms with E-state index in [1.165, 1.54) is 12.8 Å². The summed E-state index contributed by atoms with van der Waals surface area (Å²) in [4.78, 5) is 14.8. The van der Waals surface area contributed by atoms with Crippen LogP contribution >= 0.6 is 0 Å². The van der Waals surface area contributed by atoms with E-state index in [0.717, 1.165) is 38.2 Å². The van der Waals surface area contributed by atoms with Gasteiger partial charge in [-0.15, -0.1) is 0 Å². The first kappa shape index (κ1) is 17.0. The van der Waals surface area contributed by atoms with Crippen molar-refractivity contribution in [2.24, 2.45) is 11.8 Å². The van der Waals surface area contributed by atoms with E-state index < -0.39 is 0 Å². The Morgan fingerprint density at radius 1 is 1.36 bits per heavy atom. The molecule has 0 spiro atoms. The number of anilines is 1. The molecule has 1 aromatic carbocycles. The van der Waals surface area contributed by atoms with E-state index in [1.54, 1.807) is 0 Å². The van der Waals surface area contributed by atoms with Crippen LogP contribution in [0.2, 0.25) is 0 Å². The molecule has 22 heavy (non-hydrogen) atoms. The summed E-state index contributed by atoms with van der Waals surface area (Å²) >= 11 is 0. The molecule has 0 radical (unpaired) electrons. The van der Waals surface area contributed by atoms with Gasteiger partial charge in [0.05, 0.1) is 0 Å². The number of amides is 1. The van der Waals surface area contributed by atoms with E-state index >= 15 is 0 Å². The molecule has 2 atom stereocenters. The highest BCUT2D eigenvalue weighted by molar-refractivity contribution is 5.93. The Morgan fingerprint density at radius 2 is 2.14 bits per heavy atom. The van der Waals surface area contributed by atoms with Gasteiger partial charge in [-0.1, -0.05) is 38.5 Å². The maximum atomic E-state index is 12.8. The standard InChI is InChI=1S/C19H30N2O/c1-3-4-13-21(18-10-6-5-7-11-18)19(22)14-16(2)17-9-8-12-20-15-17/h5-7,10-11,16-17,20H,3-4,8-9,12-15H2,1-2H3. The molecule has 3 heteroatoms. The predicted octanol–water partition coefficient (Wildman–Crippen LogP) is 3.85. The van der Waals surface area contributed by atoms with Crippen LogP contribution in [-0.4, -0.2) is 25.5 Å². The highest BCUT2D eigenvalue weighted by Gasteiger charge is 2.24. The Hall–Kier alpha value is -1.35. The molecule has 2 unspecified atom stereocenters. The van der Waals surface area contributed by atoms with Gasteiger partial charge in [-0.2, -0.15) is 0 Å². The summed E-state index contributed by atoms with van der Waals surface area (Å²) in [5.41, 5.74) is 1.04. The lowest BCUT2D eigenvalue weighted by Crippen LogP contribution is -2.37. The van der Waals surface area contributed by atoms with Gasteiger partial charge in [0.15, 0.2) is 0 Å². The third-order valence-corrected chi connectivity index (χ3v) is 4.74. The number of hydrogen-bond acceptors (Lipinski definition) is 2. The highest BCUT2D eigenvalue weighted by atomic mass is 16.2. The van der Waals surface area contributed by atoms with Crippen molar-refractivity contribution in [1.82, 2.24) is 5.32 Å². The maximum Gasteiger partial charge on any atom is 0.227 e. The second-order valence-corrected chi connectivity index (χ2v) is 6.52. The number of carbonyl (C=O) groups is 1. The molecule has 3 nitrogen and oxygen atoms in total. The molecule has 0 saturated carbocycles. The van der Waals surface area contributed by atoms with Crippen LogP contribution in [0.25, 0.3) is 0 Å². The van der Waals surface area contributed by atoms with Gasteiger partial charge in [0.1, 0.15) is 0 Å². The van der Waals surface area contributed by atoms with Crippen LogP contribution in [0.5, 0.6) is 0 Å². The Kier molecular flexibility index (Phi) is 6.91. The summed E-state index contributed by atoms with van der Waals surface area (Å²) in [6.45, 7) is 7.43. The molecule has 122 valence electrons. The number of nitrogens with zero attached hydrogens (tertiary/aromatic N) is 1. The topological polar surface area (TPSA) is 32.3 Å². The molecule has 1 amide bonds. The minimum atomic E-state index is 0.276. The summed E-state index contributed by atoms with van der Waals surface area (Å²) in [5, 5.41) is 3.46. The van der Waals surface area contributed by atoms with Gasteiger partial charge in [-0.25, -0.2) is 0 Å². The van der Waals surface area contributed by atoms with Crippen LogP contribution in [0.3, 0.4) is 0 Å². The second kappa shape index (κ2) is 8.94.